The van der Waals surface area contributed by atoms with E-state index in [-0.39, 0.29) is 11.9 Å². The molecule has 0 spiro atoms. The van der Waals surface area contributed by atoms with Gasteiger partial charge in [0, 0.05) is 24.9 Å². The van der Waals surface area contributed by atoms with Gasteiger partial charge in [0.25, 0.3) is 0 Å². The summed E-state index contributed by atoms with van der Waals surface area (Å²) in [7, 11) is 0. The van der Waals surface area contributed by atoms with Gasteiger partial charge in [-0.25, -0.2) is 0 Å². The standard InChI is InChI=1S/C20H28N6O/c1-13(2)12-26-16(5)17(14(3)24-26)9-10-19(27)21-15(4)20-23-22-18-8-6-7-11-25(18)20/h6-8,11,13,15H,9-10,12H2,1-5H3,(H,21,27). The highest BCUT2D eigenvalue weighted by Gasteiger charge is 2.17. The van der Waals surface area contributed by atoms with Crippen molar-refractivity contribution in [2.45, 2.75) is 60.0 Å². The molecule has 0 saturated carbocycles. The summed E-state index contributed by atoms with van der Waals surface area (Å²) in [4.78, 5) is 12.5. The van der Waals surface area contributed by atoms with Crippen LogP contribution >= 0.6 is 0 Å². The van der Waals surface area contributed by atoms with Crippen molar-refractivity contribution >= 4 is 11.6 Å². The monoisotopic (exact) mass is 368 g/mol. The lowest BCUT2D eigenvalue weighted by molar-refractivity contribution is -0.121. The van der Waals surface area contributed by atoms with Gasteiger partial charge in [0.15, 0.2) is 11.5 Å². The molecule has 0 bridgehead atoms. The van der Waals surface area contributed by atoms with Gasteiger partial charge in [-0.1, -0.05) is 19.9 Å². The lowest BCUT2D eigenvalue weighted by atomic mass is 10.1. The maximum Gasteiger partial charge on any atom is 0.220 e. The molecule has 0 radical (unpaired) electrons. The zero-order chi connectivity index (χ0) is 19.6. The second-order valence-electron chi connectivity index (χ2n) is 7.50. The van der Waals surface area contributed by atoms with E-state index >= 15 is 0 Å². The van der Waals surface area contributed by atoms with Crippen LogP contribution in [0.5, 0.6) is 0 Å². The highest BCUT2D eigenvalue weighted by Crippen LogP contribution is 2.17. The fourth-order valence-electron chi connectivity index (χ4n) is 3.39. The number of aryl methyl sites for hydroxylation is 1. The first-order valence-electron chi connectivity index (χ1n) is 9.48. The summed E-state index contributed by atoms with van der Waals surface area (Å²) >= 11 is 0. The Hall–Kier alpha value is -2.70. The van der Waals surface area contributed by atoms with Crippen LogP contribution in [0.1, 0.15) is 56.0 Å². The Morgan fingerprint density at radius 2 is 1.96 bits per heavy atom. The fourth-order valence-corrected chi connectivity index (χ4v) is 3.39. The molecule has 1 unspecified atom stereocenters. The number of pyridine rings is 1. The molecule has 0 aliphatic carbocycles. The van der Waals surface area contributed by atoms with Gasteiger partial charge in [0.05, 0.1) is 11.7 Å². The zero-order valence-corrected chi connectivity index (χ0v) is 16.7. The molecule has 3 aromatic heterocycles. The third-order valence-electron chi connectivity index (χ3n) is 4.78. The number of nitrogens with one attached hydrogen (secondary N) is 1. The maximum atomic E-state index is 12.5. The Morgan fingerprint density at radius 1 is 1.19 bits per heavy atom. The average Bonchev–Trinajstić information content (AvgIpc) is 3.15. The number of carbonyl (C=O) groups excluding carboxylic acids is 1. The van der Waals surface area contributed by atoms with Crippen molar-refractivity contribution in [3.8, 4) is 0 Å². The van der Waals surface area contributed by atoms with Crippen molar-refractivity contribution in [3.63, 3.8) is 0 Å². The number of nitrogens with zero attached hydrogens (tertiary/aromatic N) is 5. The summed E-state index contributed by atoms with van der Waals surface area (Å²) in [5, 5.41) is 16.0. The SMILES string of the molecule is Cc1nn(CC(C)C)c(C)c1CCC(=O)NC(C)c1nnc2ccccn12. The van der Waals surface area contributed by atoms with Crippen molar-refractivity contribution < 1.29 is 4.79 Å². The smallest absolute Gasteiger partial charge is 0.220 e. The van der Waals surface area contributed by atoms with E-state index in [1.807, 2.05) is 42.6 Å². The van der Waals surface area contributed by atoms with Crippen LogP contribution in [0, 0.1) is 19.8 Å². The number of hydrogen-bond donors (Lipinski definition) is 1. The Balaban J connectivity index is 1.62. The van der Waals surface area contributed by atoms with Crippen molar-refractivity contribution in [2.24, 2.45) is 5.92 Å². The quantitative estimate of drug-likeness (QED) is 0.695. The fraction of sp³-hybridized carbons (Fsp3) is 0.500. The molecule has 7 heteroatoms. The summed E-state index contributed by atoms with van der Waals surface area (Å²) in [6.45, 7) is 11.3. The lowest BCUT2D eigenvalue weighted by Crippen LogP contribution is -2.28. The minimum absolute atomic E-state index is 0.00518. The molecule has 1 N–H and O–H groups in total. The van der Waals surface area contributed by atoms with E-state index in [0.717, 1.165) is 29.4 Å². The third kappa shape index (κ3) is 4.18. The second kappa shape index (κ2) is 7.90. The van der Waals surface area contributed by atoms with Gasteiger partial charge in [-0.05, 0) is 50.8 Å². The average molecular weight is 368 g/mol. The van der Waals surface area contributed by atoms with Gasteiger partial charge in [-0.2, -0.15) is 5.10 Å². The van der Waals surface area contributed by atoms with E-state index in [1.165, 1.54) is 5.56 Å². The predicted octanol–water partition coefficient (Wildman–Crippen LogP) is 3.01. The van der Waals surface area contributed by atoms with E-state index in [9.17, 15) is 4.79 Å². The molecule has 0 saturated heterocycles. The van der Waals surface area contributed by atoms with Gasteiger partial charge >= 0.3 is 0 Å². The van der Waals surface area contributed by atoms with Gasteiger partial charge in [0.2, 0.25) is 5.91 Å². The molecule has 1 atom stereocenters. The van der Waals surface area contributed by atoms with Gasteiger partial charge in [-0.3, -0.25) is 13.9 Å². The molecule has 3 aromatic rings. The van der Waals surface area contributed by atoms with Crippen molar-refractivity contribution in [3.05, 3.63) is 47.2 Å². The number of rotatable bonds is 7. The molecule has 7 nitrogen and oxygen atoms in total. The normalized spacial score (nSPS) is 12.7. The summed E-state index contributed by atoms with van der Waals surface area (Å²) in [5.41, 5.74) is 4.12. The first-order chi connectivity index (χ1) is 12.9. The van der Waals surface area contributed by atoms with Crippen molar-refractivity contribution in [1.82, 2.24) is 29.7 Å². The molecular formula is C20H28N6O. The maximum absolute atomic E-state index is 12.5. The molecule has 3 rings (SSSR count). The topological polar surface area (TPSA) is 77.1 Å². The Kier molecular flexibility index (Phi) is 5.58. The highest BCUT2D eigenvalue weighted by molar-refractivity contribution is 5.76. The molecule has 27 heavy (non-hydrogen) atoms. The van der Waals surface area contributed by atoms with Crippen LogP contribution in [0.3, 0.4) is 0 Å². The van der Waals surface area contributed by atoms with E-state index in [1.54, 1.807) is 0 Å². The molecule has 0 aliphatic heterocycles. The van der Waals surface area contributed by atoms with E-state index < -0.39 is 0 Å². The number of aromatic nitrogens is 5. The minimum Gasteiger partial charge on any atom is -0.346 e. The number of hydrogen-bond acceptors (Lipinski definition) is 4. The van der Waals surface area contributed by atoms with E-state index in [0.29, 0.717) is 18.8 Å². The largest absolute Gasteiger partial charge is 0.346 e. The summed E-state index contributed by atoms with van der Waals surface area (Å²) in [5.74, 6) is 1.28. The predicted molar refractivity (Wildman–Crippen MR) is 104 cm³/mol. The lowest BCUT2D eigenvalue weighted by Gasteiger charge is -2.12. The zero-order valence-electron chi connectivity index (χ0n) is 16.7. The van der Waals surface area contributed by atoms with Crippen LogP contribution in [0.2, 0.25) is 0 Å². The minimum atomic E-state index is -0.208. The summed E-state index contributed by atoms with van der Waals surface area (Å²) < 4.78 is 3.95. The Morgan fingerprint density at radius 3 is 2.70 bits per heavy atom. The molecule has 0 aliphatic rings. The molecule has 0 aromatic carbocycles. The molecule has 3 heterocycles. The van der Waals surface area contributed by atoms with Crippen LogP contribution in [0.15, 0.2) is 24.4 Å². The molecule has 1 amide bonds. The molecule has 0 fully saturated rings. The summed E-state index contributed by atoms with van der Waals surface area (Å²) in [6.07, 6.45) is 3.02. The molecular weight excluding hydrogens is 340 g/mol. The van der Waals surface area contributed by atoms with Gasteiger partial charge in [-0.15, -0.1) is 10.2 Å². The van der Waals surface area contributed by atoms with Gasteiger partial charge < -0.3 is 5.32 Å². The third-order valence-corrected chi connectivity index (χ3v) is 4.78. The summed E-state index contributed by atoms with van der Waals surface area (Å²) in [6, 6.07) is 5.53. The second-order valence-corrected chi connectivity index (χ2v) is 7.50. The number of fused-ring (bicyclic) bond motifs is 1. The first-order valence-corrected chi connectivity index (χ1v) is 9.48. The Bertz CT molecular complexity index is 939. The van der Waals surface area contributed by atoms with Crippen LogP contribution in [0.25, 0.3) is 5.65 Å². The highest BCUT2D eigenvalue weighted by atomic mass is 16.1. The van der Waals surface area contributed by atoms with Crippen LogP contribution in [-0.4, -0.2) is 30.3 Å². The van der Waals surface area contributed by atoms with Crippen LogP contribution in [0.4, 0.5) is 0 Å². The molecule has 144 valence electrons. The first kappa shape index (κ1) is 19.1. The van der Waals surface area contributed by atoms with Crippen LogP contribution in [-0.2, 0) is 17.8 Å². The van der Waals surface area contributed by atoms with Crippen molar-refractivity contribution in [1.29, 1.82) is 0 Å². The van der Waals surface area contributed by atoms with Gasteiger partial charge in [0.1, 0.15) is 0 Å². The van der Waals surface area contributed by atoms with E-state index in [2.05, 4.69) is 46.1 Å². The van der Waals surface area contributed by atoms with Crippen molar-refractivity contribution in [2.75, 3.05) is 0 Å². The Labute approximate surface area is 159 Å². The number of amides is 1. The van der Waals surface area contributed by atoms with E-state index in [4.69, 9.17) is 0 Å². The number of carbonyl (C=O) groups is 1. The van der Waals surface area contributed by atoms with Crippen LogP contribution < -0.4 is 5.32 Å².